The minimum absolute atomic E-state index is 0.253. The van der Waals surface area contributed by atoms with Crippen molar-refractivity contribution in [1.82, 2.24) is 5.32 Å². The number of aliphatic hydroxyl groups excluding tert-OH is 8. The largest absolute Gasteiger partial charge is 0.394 e. The van der Waals surface area contributed by atoms with Gasteiger partial charge in [-0.05, 0) is 89.9 Å². The molecule has 0 aromatic rings. The number of amides is 1. The second-order valence-corrected chi connectivity index (χ2v) is 23.9. The van der Waals surface area contributed by atoms with Gasteiger partial charge in [0.05, 0.1) is 32.0 Å². The molecule has 0 aliphatic carbocycles. The Hall–Kier alpha value is -3.09. The fourth-order valence-corrected chi connectivity index (χ4v) is 10.8. The van der Waals surface area contributed by atoms with Gasteiger partial charge in [0.15, 0.2) is 12.6 Å². The maximum absolute atomic E-state index is 13.3. The highest BCUT2D eigenvalue weighted by Gasteiger charge is 2.51. The Morgan fingerprint density at radius 3 is 1.28 bits per heavy atom. The predicted octanol–water partition coefficient (Wildman–Crippen LogP) is 13.8. The summed E-state index contributed by atoms with van der Waals surface area (Å²) in [5.41, 5.74) is 0. The Labute approximate surface area is 522 Å². The SMILES string of the molecule is CC/C=C\C/C=C\C/C=C\C/C=C\C/C=C\CCCCCCCCCCCCCCCCCCCCCCCCCC(=O)NC(COC1OC(CO)C(OC2OC(CO)C(O)C(O)C2O)C(O)C1O)C(O)/C=C/CC/C=C/CC/C=C/CCCCC. The van der Waals surface area contributed by atoms with Crippen LogP contribution in [0, 0.1) is 0 Å². The molecule has 0 radical (unpaired) electrons. The molecule has 0 aromatic carbocycles. The highest BCUT2D eigenvalue weighted by Crippen LogP contribution is 2.30. The average Bonchev–Trinajstić information content (AvgIpc) is 2.76. The number of carbonyl (C=O) groups excluding carboxylic acids is 1. The van der Waals surface area contributed by atoms with Crippen LogP contribution in [-0.2, 0) is 23.7 Å². The lowest BCUT2D eigenvalue weighted by atomic mass is 9.97. The van der Waals surface area contributed by atoms with Crippen molar-refractivity contribution in [2.24, 2.45) is 0 Å². The third-order valence-electron chi connectivity index (χ3n) is 16.2. The monoisotopic (exact) mass is 1210 g/mol. The van der Waals surface area contributed by atoms with Gasteiger partial charge in [-0.1, -0.05) is 259 Å². The number of hydrogen-bond donors (Lipinski definition) is 9. The topological polar surface area (TPSA) is 228 Å². The zero-order chi connectivity index (χ0) is 62.3. The molecule has 2 fully saturated rings. The molecule has 496 valence electrons. The van der Waals surface area contributed by atoms with Gasteiger partial charge in [0.2, 0.25) is 5.91 Å². The van der Waals surface area contributed by atoms with Crippen LogP contribution >= 0.6 is 0 Å². The number of unbranched alkanes of at least 4 members (excludes halogenated alkanes) is 28. The summed E-state index contributed by atoms with van der Waals surface area (Å²) in [6, 6.07) is -0.940. The van der Waals surface area contributed by atoms with Crippen LogP contribution in [0.4, 0.5) is 0 Å². The second-order valence-electron chi connectivity index (χ2n) is 23.9. The van der Waals surface area contributed by atoms with Crippen molar-refractivity contribution in [2.75, 3.05) is 19.8 Å². The summed E-state index contributed by atoms with van der Waals surface area (Å²) in [5, 5.41) is 87.1. The number of aliphatic hydroxyl groups is 8. The molecular formula is C72H125NO13. The van der Waals surface area contributed by atoms with Crippen LogP contribution in [0.3, 0.4) is 0 Å². The normalized spacial score (nSPS) is 24.0. The number of hydrogen-bond acceptors (Lipinski definition) is 13. The molecule has 9 N–H and O–H groups in total. The van der Waals surface area contributed by atoms with Crippen molar-refractivity contribution in [2.45, 2.75) is 331 Å². The first-order valence-corrected chi connectivity index (χ1v) is 34.5. The zero-order valence-corrected chi connectivity index (χ0v) is 53.8. The fourth-order valence-electron chi connectivity index (χ4n) is 10.8. The molecule has 2 saturated heterocycles. The van der Waals surface area contributed by atoms with Crippen LogP contribution in [0.2, 0.25) is 0 Å². The van der Waals surface area contributed by atoms with E-state index in [-0.39, 0.29) is 18.9 Å². The molecule has 12 unspecified atom stereocenters. The summed E-state index contributed by atoms with van der Waals surface area (Å²) in [6.07, 6.45) is 62.1. The van der Waals surface area contributed by atoms with Crippen LogP contribution < -0.4 is 5.32 Å². The Kier molecular flexibility index (Phi) is 51.4. The lowest BCUT2D eigenvalue weighted by molar-refractivity contribution is -0.359. The summed E-state index contributed by atoms with van der Waals surface area (Å²) in [5.74, 6) is -0.253. The molecule has 0 saturated carbocycles. The molecule has 2 aliphatic heterocycles. The van der Waals surface area contributed by atoms with Gasteiger partial charge < -0.3 is 65.1 Å². The molecule has 2 rings (SSSR count). The van der Waals surface area contributed by atoms with Gasteiger partial charge in [-0.2, -0.15) is 0 Å². The Morgan fingerprint density at radius 2 is 0.814 bits per heavy atom. The van der Waals surface area contributed by atoms with E-state index in [1.54, 1.807) is 6.08 Å². The maximum Gasteiger partial charge on any atom is 0.220 e. The van der Waals surface area contributed by atoms with Crippen molar-refractivity contribution in [1.29, 1.82) is 0 Å². The van der Waals surface area contributed by atoms with E-state index in [0.717, 1.165) is 77.0 Å². The van der Waals surface area contributed by atoms with Gasteiger partial charge in [0.1, 0.15) is 48.8 Å². The van der Waals surface area contributed by atoms with E-state index < -0.39 is 86.8 Å². The van der Waals surface area contributed by atoms with Gasteiger partial charge in [-0.25, -0.2) is 0 Å². The summed E-state index contributed by atoms with van der Waals surface area (Å²) in [4.78, 5) is 13.3. The molecule has 12 atom stereocenters. The lowest BCUT2D eigenvalue weighted by Gasteiger charge is -2.46. The zero-order valence-electron chi connectivity index (χ0n) is 53.8. The Balaban J connectivity index is 1.57. The fraction of sp³-hybridized carbons (Fsp3) is 0.764. The Bertz CT molecular complexity index is 1810. The number of allylic oxidation sites excluding steroid dienone is 15. The van der Waals surface area contributed by atoms with Crippen LogP contribution in [-0.4, -0.2) is 140 Å². The average molecular weight is 1210 g/mol. The first-order chi connectivity index (χ1) is 42.1. The molecule has 0 aromatic heterocycles. The first kappa shape index (κ1) is 79.0. The molecule has 0 bridgehead atoms. The standard InChI is InChI=1S/C72H125NO13/c1-3-5-7-9-11-13-15-17-18-19-20-21-22-23-24-25-26-27-28-29-30-31-32-33-34-35-36-37-38-39-40-41-42-44-46-48-50-52-54-56-64(77)73-60(61(76)55-53-51-49-47-45-43-16-14-12-10-8-6-4-2)59-83-71-69(82)67(80)70(63(58-75)85-71)86-72-68(81)66(79)65(78)62(57-74)84-72/h5,7,11-14,17-18,20-21,23-24,45,47,53,55,60-63,65-72,74-76,78-82H,3-4,6,8-10,15-16,19,22,25-44,46,48-52,54,56-59H2,1-2H3,(H,73,77)/b7-5-,13-11-,14-12+,18-17-,21-20-,24-23-,47-45+,55-53+. The van der Waals surface area contributed by atoms with Crippen LogP contribution in [0.25, 0.3) is 0 Å². The third-order valence-corrected chi connectivity index (χ3v) is 16.2. The van der Waals surface area contributed by atoms with Crippen molar-refractivity contribution in [3.63, 3.8) is 0 Å². The quantitative estimate of drug-likeness (QED) is 0.0204. The molecular weight excluding hydrogens is 1090 g/mol. The highest BCUT2D eigenvalue weighted by atomic mass is 16.7. The molecule has 2 aliphatic rings. The molecule has 14 heteroatoms. The summed E-state index contributed by atoms with van der Waals surface area (Å²) in [6.45, 7) is 2.62. The van der Waals surface area contributed by atoms with Crippen molar-refractivity contribution in [3.8, 4) is 0 Å². The molecule has 0 spiro atoms. The van der Waals surface area contributed by atoms with Gasteiger partial charge in [-0.15, -0.1) is 0 Å². The predicted molar refractivity (Wildman–Crippen MR) is 350 cm³/mol. The van der Waals surface area contributed by atoms with Crippen LogP contribution in [0.5, 0.6) is 0 Å². The van der Waals surface area contributed by atoms with Crippen molar-refractivity contribution in [3.05, 3.63) is 97.2 Å². The van der Waals surface area contributed by atoms with Gasteiger partial charge in [0.25, 0.3) is 0 Å². The first-order valence-electron chi connectivity index (χ1n) is 34.5. The minimum Gasteiger partial charge on any atom is -0.394 e. The van der Waals surface area contributed by atoms with E-state index in [0.29, 0.717) is 12.8 Å². The van der Waals surface area contributed by atoms with E-state index in [4.69, 9.17) is 18.9 Å². The maximum atomic E-state index is 13.3. The van der Waals surface area contributed by atoms with Gasteiger partial charge >= 0.3 is 0 Å². The van der Waals surface area contributed by atoms with Crippen LogP contribution in [0.15, 0.2) is 97.2 Å². The lowest BCUT2D eigenvalue weighted by Crippen LogP contribution is -2.65. The summed E-state index contributed by atoms with van der Waals surface area (Å²) >= 11 is 0. The van der Waals surface area contributed by atoms with Crippen molar-refractivity contribution >= 4 is 5.91 Å². The number of rotatable bonds is 55. The summed E-state index contributed by atoms with van der Waals surface area (Å²) in [7, 11) is 0. The molecule has 1 amide bonds. The smallest absolute Gasteiger partial charge is 0.220 e. The number of carbonyl (C=O) groups is 1. The van der Waals surface area contributed by atoms with E-state index in [2.05, 4.69) is 104 Å². The van der Waals surface area contributed by atoms with E-state index in [1.807, 2.05) is 6.08 Å². The minimum atomic E-state index is -1.79. The molecule has 86 heavy (non-hydrogen) atoms. The number of nitrogens with one attached hydrogen (secondary N) is 1. The molecule has 2 heterocycles. The number of ether oxygens (including phenoxy) is 4. The van der Waals surface area contributed by atoms with E-state index >= 15 is 0 Å². The second kappa shape index (κ2) is 55.9. The Morgan fingerprint density at radius 1 is 0.430 bits per heavy atom. The van der Waals surface area contributed by atoms with E-state index in [1.165, 1.54) is 148 Å². The molecule has 14 nitrogen and oxygen atoms in total. The van der Waals surface area contributed by atoms with Gasteiger partial charge in [0, 0.05) is 6.42 Å². The van der Waals surface area contributed by atoms with Crippen molar-refractivity contribution < 1.29 is 64.6 Å². The van der Waals surface area contributed by atoms with E-state index in [9.17, 15) is 45.6 Å². The van der Waals surface area contributed by atoms with Gasteiger partial charge in [-0.3, -0.25) is 4.79 Å². The third kappa shape index (κ3) is 39.8. The highest BCUT2D eigenvalue weighted by molar-refractivity contribution is 5.76. The summed E-state index contributed by atoms with van der Waals surface area (Å²) < 4.78 is 22.8. The van der Waals surface area contributed by atoms with Crippen LogP contribution in [0.1, 0.15) is 258 Å².